The molecule has 3 aromatic rings. The van der Waals surface area contributed by atoms with Crippen LogP contribution < -0.4 is 15.0 Å². The summed E-state index contributed by atoms with van der Waals surface area (Å²) in [5.74, 6) is 1.44. The highest BCUT2D eigenvalue weighted by atomic mass is 19.1. The van der Waals surface area contributed by atoms with Gasteiger partial charge in [-0.3, -0.25) is 4.79 Å². The van der Waals surface area contributed by atoms with Crippen LogP contribution in [0.4, 0.5) is 21.8 Å². The van der Waals surface area contributed by atoms with Crippen molar-refractivity contribution in [2.75, 3.05) is 43.0 Å². The number of rotatable bonds is 6. The third-order valence-electron chi connectivity index (χ3n) is 5.28. The summed E-state index contributed by atoms with van der Waals surface area (Å²) in [5, 5.41) is 3.26. The summed E-state index contributed by atoms with van der Waals surface area (Å²) in [6.07, 6.45) is 0. The van der Waals surface area contributed by atoms with Crippen LogP contribution in [-0.2, 0) is 4.79 Å². The normalized spacial score (nSPS) is 13.7. The minimum atomic E-state index is -0.336. The number of nitrogens with one attached hydrogen (secondary N) is 1. The van der Waals surface area contributed by atoms with Crippen molar-refractivity contribution < 1.29 is 13.9 Å². The number of hydrogen-bond acceptors (Lipinski definition) is 6. The lowest BCUT2D eigenvalue weighted by Gasteiger charge is -2.35. The summed E-state index contributed by atoms with van der Waals surface area (Å²) < 4.78 is 18.5. The number of aromatic nitrogens is 2. The average molecular weight is 436 g/mol. The van der Waals surface area contributed by atoms with E-state index >= 15 is 0 Å². The second-order valence-corrected chi connectivity index (χ2v) is 7.79. The molecule has 1 N–H and O–H groups in total. The Hall–Kier alpha value is -3.68. The van der Waals surface area contributed by atoms with Gasteiger partial charge in [-0.15, -0.1) is 0 Å². The third kappa shape index (κ3) is 5.51. The molecule has 0 spiro atoms. The summed E-state index contributed by atoms with van der Waals surface area (Å²) in [4.78, 5) is 25.6. The smallest absolute Gasteiger partial charge is 0.260 e. The first-order valence-electron chi connectivity index (χ1n) is 10.6. The average Bonchev–Trinajstić information content (AvgIpc) is 2.80. The van der Waals surface area contributed by atoms with Gasteiger partial charge in [-0.25, -0.2) is 9.37 Å². The van der Waals surface area contributed by atoms with Crippen LogP contribution in [0.1, 0.15) is 11.3 Å². The van der Waals surface area contributed by atoms with Crippen LogP contribution in [0, 0.1) is 19.7 Å². The zero-order chi connectivity index (χ0) is 22.5. The molecule has 4 rings (SSSR count). The minimum absolute atomic E-state index is 0.0666. The topological polar surface area (TPSA) is 70.6 Å². The van der Waals surface area contributed by atoms with Crippen molar-refractivity contribution in [1.82, 2.24) is 14.9 Å². The molecule has 0 radical (unpaired) electrons. The zero-order valence-electron chi connectivity index (χ0n) is 18.2. The van der Waals surface area contributed by atoms with Gasteiger partial charge in [-0.1, -0.05) is 17.7 Å². The number of ether oxygens (including phenoxy) is 1. The van der Waals surface area contributed by atoms with Crippen LogP contribution in [0.3, 0.4) is 0 Å². The number of amides is 1. The van der Waals surface area contributed by atoms with E-state index in [0.29, 0.717) is 37.9 Å². The zero-order valence-corrected chi connectivity index (χ0v) is 18.2. The van der Waals surface area contributed by atoms with Gasteiger partial charge >= 0.3 is 0 Å². The molecule has 166 valence electrons. The maximum absolute atomic E-state index is 13.0. The summed E-state index contributed by atoms with van der Waals surface area (Å²) in [6.45, 7) is 6.42. The number of carbonyl (C=O) groups is 1. The molecule has 0 bridgehead atoms. The van der Waals surface area contributed by atoms with Crippen LogP contribution in [0.5, 0.6) is 5.75 Å². The van der Waals surface area contributed by atoms with Crippen molar-refractivity contribution in [3.8, 4) is 5.75 Å². The molecule has 7 nitrogen and oxygen atoms in total. The molecule has 1 aliphatic rings. The first kappa shape index (κ1) is 21.5. The standard InChI is InChI=1S/C24H26FN5O2/c1-17-3-7-20(8-4-17)27-24-26-18(2)15-22(28-24)29-11-13-30(14-12-29)23(31)16-32-21-9-5-19(25)6-10-21/h3-10,15H,11-14,16H2,1-2H3,(H,26,27,28). The fraction of sp³-hybridized carbons (Fsp3) is 0.292. The second-order valence-electron chi connectivity index (χ2n) is 7.79. The number of hydrogen-bond donors (Lipinski definition) is 1. The van der Waals surface area contributed by atoms with Gasteiger partial charge in [-0.05, 0) is 50.2 Å². The molecule has 1 fully saturated rings. The number of anilines is 3. The Balaban J connectivity index is 1.33. The van der Waals surface area contributed by atoms with Crippen molar-refractivity contribution in [2.24, 2.45) is 0 Å². The molecular weight excluding hydrogens is 409 g/mol. The molecule has 0 atom stereocenters. The van der Waals surface area contributed by atoms with Crippen molar-refractivity contribution in [3.05, 3.63) is 71.7 Å². The predicted octanol–water partition coefficient (Wildman–Crippen LogP) is 3.70. The predicted molar refractivity (Wildman–Crippen MR) is 122 cm³/mol. The number of carbonyl (C=O) groups excluding carboxylic acids is 1. The molecule has 8 heteroatoms. The first-order valence-corrected chi connectivity index (χ1v) is 10.6. The molecule has 0 aliphatic carbocycles. The maximum Gasteiger partial charge on any atom is 0.260 e. The number of aryl methyl sites for hydroxylation is 2. The summed E-state index contributed by atoms with van der Waals surface area (Å²) in [5.41, 5.74) is 3.00. The van der Waals surface area contributed by atoms with E-state index in [0.717, 1.165) is 17.2 Å². The molecule has 1 saturated heterocycles. The van der Waals surface area contributed by atoms with Crippen molar-refractivity contribution in [1.29, 1.82) is 0 Å². The molecule has 1 aliphatic heterocycles. The second kappa shape index (κ2) is 9.64. The highest BCUT2D eigenvalue weighted by Gasteiger charge is 2.23. The highest BCUT2D eigenvalue weighted by molar-refractivity contribution is 5.78. The molecule has 0 saturated carbocycles. The Morgan fingerprint density at radius 2 is 1.69 bits per heavy atom. The lowest BCUT2D eigenvalue weighted by atomic mass is 10.2. The van der Waals surface area contributed by atoms with Crippen molar-refractivity contribution in [3.63, 3.8) is 0 Å². The van der Waals surface area contributed by atoms with Crippen LogP contribution in [-0.4, -0.2) is 53.6 Å². The van der Waals surface area contributed by atoms with Crippen LogP contribution in [0.2, 0.25) is 0 Å². The van der Waals surface area contributed by atoms with E-state index in [1.54, 1.807) is 4.90 Å². The third-order valence-corrected chi connectivity index (χ3v) is 5.28. The Kier molecular flexibility index (Phi) is 6.49. The highest BCUT2D eigenvalue weighted by Crippen LogP contribution is 2.20. The van der Waals surface area contributed by atoms with Gasteiger partial charge in [-0.2, -0.15) is 4.98 Å². The molecule has 2 heterocycles. The largest absolute Gasteiger partial charge is 0.484 e. The van der Waals surface area contributed by atoms with Gasteiger partial charge in [0.1, 0.15) is 17.4 Å². The molecule has 32 heavy (non-hydrogen) atoms. The first-order chi connectivity index (χ1) is 15.5. The van der Waals surface area contributed by atoms with Crippen LogP contribution >= 0.6 is 0 Å². The summed E-state index contributed by atoms with van der Waals surface area (Å²) in [6, 6.07) is 15.7. The lowest BCUT2D eigenvalue weighted by molar-refractivity contribution is -0.133. The van der Waals surface area contributed by atoms with Crippen molar-refractivity contribution >= 4 is 23.4 Å². The van der Waals surface area contributed by atoms with E-state index in [2.05, 4.69) is 20.2 Å². The van der Waals surface area contributed by atoms with Gasteiger partial charge in [0, 0.05) is 43.6 Å². The van der Waals surface area contributed by atoms with E-state index in [1.807, 2.05) is 44.2 Å². The van der Waals surface area contributed by atoms with E-state index in [4.69, 9.17) is 4.74 Å². The number of piperazine rings is 1. The quantitative estimate of drug-likeness (QED) is 0.637. The molecule has 1 amide bonds. The van der Waals surface area contributed by atoms with Gasteiger partial charge in [0.05, 0.1) is 0 Å². The monoisotopic (exact) mass is 435 g/mol. The van der Waals surface area contributed by atoms with E-state index in [-0.39, 0.29) is 18.3 Å². The molecular formula is C24H26FN5O2. The Bertz CT molecular complexity index is 1060. The molecule has 0 unspecified atom stereocenters. The lowest BCUT2D eigenvalue weighted by Crippen LogP contribution is -2.50. The van der Waals surface area contributed by atoms with E-state index in [1.165, 1.54) is 29.8 Å². The van der Waals surface area contributed by atoms with E-state index < -0.39 is 0 Å². The fourth-order valence-electron chi connectivity index (χ4n) is 3.49. The van der Waals surface area contributed by atoms with E-state index in [9.17, 15) is 9.18 Å². The van der Waals surface area contributed by atoms with Gasteiger partial charge in [0.25, 0.3) is 5.91 Å². The SMILES string of the molecule is Cc1ccc(Nc2nc(C)cc(N3CCN(C(=O)COc4ccc(F)cc4)CC3)n2)cc1. The molecule has 1 aromatic heterocycles. The Labute approximate surface area is 186 Å². The Morgan fingerprint density at radius 3 is 2.38 bits per heavy atom. The van der Waals surface area contributed by atoms with Crippen molar-refractivity contribution in [2.45, 2.75) is 13.8 Å². The maximum atomic E-state index is 13.0. The summed E-state index contributed by atoms with van der Waals surface area (Å²) >= 11 is 0. The Morgan fingerprint density at radius 1 is 1.00 bits per heavy atom. The van der Waals surface area contributed by atoms with Gasteiger partial charge in [0.15, 0.2) is 6.61 Å². The van der Waals surface area contributed by atoms with Gasteiger partial charge in [0.2, 0.25) is 5.95 Å². The van der Waals surface area contributed by atoms with Crippen LogP contribution in [0.15, 0.2) is 54.6 Å². The summed E-state index contributed by atoms with van der Waals surface area (Å²) in [7, 11) is 0. The fourth-order valence-corrected chi connectivity index (χ4v) is 3.49. The minimum Gasteiger partial charge on any atom is -0.484 e. The molecule has 2 aromatic carbocycles. The number of nitrogens with zero attached hydrogens (tertiary/aromatic N) is 4. The number of halogens is 1. The van der Waals surface area contributed by atoms with Crippen LogP contribution in [0.25, 0.3) is 0 Å². The van der Waals surface area contributed by atoms with Gasteiger partial charge < -0.3 is 19.9 Å². The number of benzene rings is 2.